The molecule has 170 valence electrons. The Hall–Kier alpha value is -3.94. The highest BCUT2D eigenvalue weighted by atomic mass is 16.5. The minimum atomic E-state index is -0.168. The lowest BCUT2D eigenvalue weighted by Gasteiger charge is -2.14. The van der Waals surface area contributed by atoms with Gasteiger partial charge in [0.2, 0.25) is 0 Å². The Kier molecular flexibility index (Phi) is 6.53. The fourth-order valence-corrected chi connectivity index (χ4v) is 3.69. The predicted octanol–water partition coefficient (Wildman–Crippen LogP) is 3.98. The van der Waals surface area contributed by atoms with Gasteiger partial charge in [0, 0.05) is 18.8 Å². The third kappa shape index (κ3) is 4.64. The highest BCUT2D eigenvalue weighted by Gasteiger charge is 2.16. The van der Waals surface area contributed by atoms with E-state index in [1.54, 1.807) is 4.68 Å². The van der Waals surface area contributed by atoms with Gasteiger partial charge in [-0.15, -0.1) is 10.2 Å². The highest BCUT2D eigenvalue weighted by molar-refractivity contribution is 6.09. The van der Waals surface area contributed by atoms with Crippen molar-refractivity contribution in [2.75, 3.05) is 25.0 Å². The van der Waals surface area contributed by atoms with Crippen molar-refractivity contribution in [3.63, 3.8) is 0 Å². The van der Waals surface area contributed by atoms with Crippen LogP contribution in [-0.2, 0) is 0 Å². The molecule has 4 aromatic rings. The molecular formula is C25H28N6O2. The fourth-order valence-electron chi connectivity index (χ4n) is 3.69. The number of aryl methyl sites for hydroxylation is 1. The van der Waals surface area contributed by atoms with Gasteiger partial charge in [0.1, 0.15) is 11.6 Å². The van der Waals surface area contributed by atoms with E-state index in [9.17, 15) is 4.79 Å². The van der Waals surface area contributed by atoms with Crippen molar-refractivity contribution >= 4 is 22.5 Å². The molecule has 1 amide bonds. The second-order valence-electron chi connectivity index (χ2n) is 7.76. The first-order valence-electron chi connectivity index (χ1n) is 11.0. The van der Waals surface area contributed by atoms with Crippen molar-refractivity contribution in [3.8, 4) is 11.6 Å². The number of ether oxygens (including phenoxy) is 1. The van der Waals surface area contributed by atoms with E-state index in [1.807, 2.05) is 76.2 Å². The molecule has 8 nitrogen and oxygen atoms in total. The standard InChI is InChI=1S/C25H28N6O2/c1-5-33-21-11-10-19-8-6-7-9-20(19)24(21)25(32)27-15-14-26-22-12-13-23(29-28-22)31-18(4)16(2)17(3)30-31/h6-13H,5,14-15H2,1-4H3,(H,26,28)(H,27,32). The number of anilines is 1. The molecule has 0 unspecified atom stereocenters. The lowest BCUT2D eigenvalue weighted by Crippen LogP contribution is -2.29. The summed E-state index contributed by atoms with van der Waals surface area (Å²) in [6.45, 7) is 9.36. The first kappa shape index (κ1) is 22.3. The Morgan fingerprint density at radius 1 is 1.00 bits per heavy atom. The minimum absolute atomic E-state index is 0.168. The summed E-state index contributed by atoms with van der Waals surface area (Å²) in [5.41, 5.74) is 3.73. The quantitative estimate of drug-likeness (QED) is 0.399. The van der Waals surface area contributed by atoms with Crippen LogP contribution < -0.4 is 15.4 Å². The summed E-state index contributed by atoms with van der Waals surface area (Å²) in [5, 5.41) is 21.0. The van der Waals surface area contributed by atoms with Gasteiger partial charge in [-0.2, -0.15) is 5.10 Å². The summed E-state index contributed by atoms with van der Waals surface area (Å²) in [5.74, 6) is 1.72. The fraction of sp³-hybridized carbons (Fsp3) is 0.280. The van der Waals surface area contributed by atoms with Gasteiger partial charge in [-0.25, -0.2) is 4.68 Å². The lowest BCUT2D eigenvalue weighted by molar-refractivity contribution is 0.0953. The SMILES string of the molecule is CCOc1ccc2ccccc2c1C(=O)NCCNc1ccc(-n2nc(C)c(C)c2C)nn1. The predicted molar refractivity (Wildman–Crippen MR) is 129 cm³/mol. The van der Waals surface area contributed by atoms with Crippen LogP contribution in [0.1, 0.15) is 34.2 Å². The van der Waals surface area contributed by atoms with Crippen LogP contribution in [0.4, 0.5) is 5.82 Å². The average Bonchev–Trinajstić information content (AvgIpc) is 3.09. The van der Waals surface area contributed by atoms with Crippen molar-refractivity contribution in [1.29, 1.82) is 0 Å². The number of rotatable bonds is 8. The molecular weight excluding hydrogens is 416 g/mol. The molecule has 2 aromatic heterocycles. The summed E-state index contributed by atoms with van der Waals surface area (Å²) in [7, 11) is 0. The highest BCUT2D eigenvalue weighted by Crippen LogP contribution is 2.28. The summed E-state index contributed by atoms with van der Waals surface area (Å²) >= 11 is 0. The molecule has 0 bridgehead atoms. The number of nitrogens with zero attached hydrogens (tertiary/aromatic N) is 4. The molecule has 0 radical (unpaired) electrons. The lowest BCUT2D eigenvalue weighted by atomic mass is 10.0. The zero-order valence-corrected chi connectivity index (χ0v) is 19.3. The molecule has 2 aromatic carbocycles. The maximum Gasteiger partial charge on any atom is 0.255 e. The molecule has 4 rings (SSSR count). The Bertz CT molecular complexity index is 1280. The first-order chi connectivity index (χ1) is 16.0. The van der Waals surface area contributed by atoms with Crippen LogP contribution in [0.2, 0.25) is 0 Å². The molecule has 0 aliphatic heterocycles. The number of aromatic nitrogens is 4. The number of carbonyl (C=O) groups is 1. The zero-order valence-electron chi connectivity index (χ0n) is 19.3. The van der Waals surface area contributed by atoms with Crippen molar-refractivity contribution < 1.29 is 9.53 Å². The number of benzene rings is 2. The van der Waals surface area contributed by atoms with Crippen LogP contribution in [0.5, 0.6) is 5.75 Å². The molecule has 33 heavy (non-hydrogen) atoms. The largest absolute Gasteiger partial charge is 0.493 e. The van der Waals surface area contributed by atoms with Gasteiger partial charge in [0.15, 0.2) is 5.82 Å². The molecule has 0 atom stereocenters. The maximum atomic E-state index is 13.0. The van der Waals surface area contributed by atoms with Crippen LogP contribution in [-0.4, -0.2) is 45.6 Å². The van der Waals surface area contributed by atoms with Crippen molar-refractivity contribution in [2.24, 2.45) is 0 Å². The molecule has 0 saturated carbocycles. The maximum absolute atomic E-state index is 13.0. The number of hydrogen-bond acceptors (Lipinski definition) is 6. The second kappa shape index (κ2) is 9.68. The molecule has 0 spiro atoms. The van der Waals surface area contributed by atoms with Gasteiger partial charge >= 0.3 is 0 Å². The van der Waals surface area contributed by atoms with E-state index >= 15 is 0 Å². The molecule has 0 aliphatic rings. The van der Waals surface area contributed by atoms with Crippen LogP contribution in [0.15, 0.2) is 48.5 Å². The summed E-state index contributed by atoms with van der Waals surface area (Å²) in [4.78, 5) is 13.0. The summed E-state index contributed by atoms with van der Waals surface area (Å²) in [6, 6.07) is 15.3. The topological polar surface area (TPSA) is 94.0 Å². The molecule has 2 N–H and O–H groups in total. The van der Waals surface area contributed by atoms with E-state index in [0.717, 1.165) is 27.7 Å². The average molecular weight is 445 g/mol. The van der Waals surface area contributed by atoms with E-state index in [1.165, 1.54) is 0 Å². The smallest absolute Gasteiger partial charge is 0.255 e. The number of carbonyl (C=O) groups excluding carboxylic acids is 1. The van der Waals surface area contributed by atoms with Gasteiger partial charge in [-0.1, -0.05) is 30.3 Å². The monoisotopic (exact) mass is 444 g/mol. The van der Waals surface area contributed by atoms with Crippen molar-refractivity contribution in [1.82, 2.24) is 25.3 Å². The van der Waals surface area contributed by atoms with Crippen LogP contribution in [0, 0.1) is 20.8 Å². The molecule has 0 aliphatic carbocycles. The number of fused-ring (bicyclic) bond motifs is 1. The van der Waals surface area contributed by atoms with E-state index in [-0.39, 0.29) is 5.91 Å². The van der Waals surface area contributed by atoms with Crippen LogP contribution in [0.25, 0.3) is 16.6 Å². The van der Waals surface area contributed by atoms with Crippen molar-refractivity contribution in [2.45, 2.75) is 27.7 Å². The number of amides is 1. The molecule has 0 fully saturated rings. The Balaban J connectivity index is 1.38. The van der Waals surface area contributed by atoms with E-state index in [2.05, 4.69) is 25.9 Å². The Labute approximate surface area is 193 Å². The van der Waals surface area contributed by atoms with E-state index in [4.69, 9.17) is 4.74 Å². The third-order valence-corrected chi connectivity index (χ3v) is 5.65. The van der Waals surface area contributed by atoms with E-state index in [0.29, 0.717) is 42.6 Å². The third-order valence-electron chi connectivity index (χ3n) is 5.65. The van der Waals surface area contributed by atoms with Crippen LogP contribution >= 0.6 is 0 Å². The van der Waals surface area contributed by atoms with Gasteiger partial charge in [0.25, 0.3) is 5.91 Å². The molecule has 8 heteroatoms. The zero-order chi connectivity index (χ0) is 23.4. The first-order valence-corrected chi connectivity index (χ1v) is 11.0. The number of nitrogens with one attached hydrogen (secondary N) is 2. The number of hydrogen-bond donors (Lipinski definition) is 2. The minimum Gasteiger partial charge on any atom is -0.493 e. The van der Waals surface area contributed by atoms with Crippen molar-refractivity contribution in [3.05, 3.63) is 71.0 Å². The van der Waals surface area contributed by atoms with Gasteiger partial charge in [-0.3, -0.25) is 4.79 Å². The Morgan fingerprint density at radius 2 is 1.82 bits per heavy atom. The summed E-state index contributed by atoms with van der Waals surface area (Å²) < 4.78 is 7.50. The Morgan fingerprint density at radius 3 is 2.52 bits per heavy atom. The van der Waals surface area contributed by atoms with Gasteiger partial charge in [-0.05, 0) is 62.2 Å². The summed E-state index contributed by atoms with van der Waals surface area (Å²) in [6.07, 6.45) is 0. The molecule has 0 saturated heterocycles. The van der Waals surface area contributed by atoms with Gasteiger partial charge < -0.3 is 15.4 Å². The van der Waals surface area contributed by atoms with Gasteiger partial charge in [0.05, 0.1) is 17.9 Å². The second-order valence-corrected chi connectivity index (χ2v) is 7.76. The van der Waals surface area contributed by atoms with Crippen LogP contribution in [0.3, 0.4) is 0 Å². The normalized spacial score (nSPS) is 10.9. The molecule has 2 heterocycles. The van der Waals surface area contributed by atoms with E-state index < -0.39 is 0 Å².